The van der Waals surface area contributed by atoms with Crippen molar-refractivity contribution in [2.45, 2.75) is 6.54 Å². The van der Waals surface area contributed by atoms with Gasteiger partial charge < -0.3 is 5.32 Å². The molecule has 0 aliphatic rings. The van der Waals surface area contributed by atoms with E-state index < -0.39 is 0 Å². The fourth-order valence-electron chi connectivity index (χ4n) is 1.97. The van der Waals surface area contributed by atoms with E-state index >= 15 is 0 Å². The van der Waals surface area contributed by atoms with Crippen molar-refractivity contribution in [1.82, 2.24) is 24.8 Å². The maximum Gasteiger partial charge on any atom is 0.292 e. The summed E-state index contributed by atoms with van der Waals surface area (Å²) in [5, 5.41) is 14.9. The van der Waals surface area contributed by atoms with Crippen LogP contribution in [-0.2, 0) is 6.54 Å². The summed E-state index contributed by atoms with van der Waals surface area (Å²) in [7, 11) is 0. The second-order valence-electron chi connectivity index (χ2n) is 4.52. The van der Waals surface area contributed by atoms with Gasteiger partial charge in [-0.1, -0.05) is 35.0 Å². The summed E-state index contributed by atoms with van der Waals surface area (Å²) in [5.74, 6) is 0. The van der Waals surface area contributed by atoms with Gasteiger partial charge >= 0.3 is 0 Å². The molecule has 22 heavy (non-hydrogen) atoms. The first kappa shape index (κ1) is 14.3. The predicted octanol–water partition coefficient (Wildman–Crippen LogP) is 1.59. The van der Waals surface area contributed by atoms with E-state index in [1.165, 1.54) is 10.9 Å². The first-order valence-corrected chi connectivity index (χ1v) is 7.05. The van der Waals surface area contributed by atoms with Crippen LogP contribution >= 0.6 is 11.6 Å². The first-order valence-electron chi connectivity index (χ1n) is 6.67. The predicted molar refractivity (Wildman–Crippen MR) is 83.4 cm³/mol. The highest BCUT2D eigenvalue weighted by molar-refractivity contribution is 6.32. The van der Waals surface area contributed by atoms with E-state index in [0.29, 0.717) is 24.5 Å². The molecule has 112 valence electrons. The van der Waals surface area contributed by atoms with Gasteiger partial charge in [-0.15, -0.1) is 5.10 Å². The molecule has 0 saturated carbocycles. The van der Waals surface area contributed by atoms with E-state index in [2.05, 4.69) is 20.7 Å². The van der Waals surface area contributed by atoms with Crippen molar-refractivity contribution >= 4 is 17.3 Å². The molecule has 0 amide bonds. The fourth-order valence-corrected chi connectivity index (χ4v) is 2.16. The first-order chi connectivity index (χ1) is 10.8. The largest absolute Gasteiger partial charge is 0.381 e. The Labute approximate surface area is 131 Å². The highest BCUT2D eigenvalue weighted by atomic mass is 35.5. The number of anilines is 1. The van der Waals surface area contributed by atoms with Crippen LogP contribution in [0.15, 0.2) is 53.7 Å². The van der Waals surface area contributed by atoms with Crippen molar-refractivity contribution in [3.8, 4) is 5.69 Å². The fraction of sp³-hybridized carbons (Fsp3) is 0.143. The molecule has 0 saturated heterocycles. The van der Waals surface area contributed by atoms with Crippen LogP contribution in [0.1, 0.15) is 0 Å². The Morgan fingerprint density at radius 3 is 2.77 bits per heavy atom. The number of nitrogens with one attached hydrogen (secondary N) is 1. The van der Waals surface area contributed by atoms with Crippen LogP contribution < -0.4 is 10.9 Å². The Morgan fingerprint density at radius 2 is 2.05 bits per heavy atom. The Bertz CT molecular complexity index is 800. The van der Waals surface area contributed by atoms with Crippen molar-refractivity contribution in [2.24, 2.45) is 0 Å². The maximum atomic E-state index is 12.3. The van der Waals surface area contributed by atoms with Gasteiger partial charge in [0, 0.05) is 12.7 Å². The minimum atomic E-state index is -0.362. The number of para-hydroxylation sites is 1. The summed E-state index contributed by atoms with van der Waals surface area (Å²) >= 11 is 6.14. The summed E-state index contributed by atoms with van der Waals surface area (Å²) in [4.78, 5) is 12.3. The molecule has 0 spiro atoms. The average Bonchev–Trinajstić information content (AvgIpc) is 3.06. The summed E-state index contributed by atoms with van der Waals surface area (Å²) in [6.45, 7) is 1.16. The topological polar surface area (TPSA) is 77.6 Å². The number of nitrogens with zero attached hydrogens (tertiary/aromatic N) is 5. The molecule has 0 bridgehead atoms. The summed E-state index contributed by atoms with van der Waals surface area (Å²) in [5.41, 5.74) is 0.807. The number of halogens is 1. The van der Waals surface area contributed by atoms with Crippen LogP contribution in [0.3, 0.4) is 0 Å². The Morgan fingerprint density at radius 1 is 1.23 bits per heavy atom. The highest BCUT2D eigenvalue weighted by Gasteiger charge is 2.10. The lowest BCUT2D eigenvalue weighted by Crippen LogP contribution is -2.23. The number of aromatic nitrogens is 5. The molecule has 3 rings (SSSR count). The Kier molecular flexibility index (Phi) is 4.15. The Hall–Kier alpha value is -2.67. The second-order valence-corrected chi connectivity index (χ2v) is 4.90. The smallest absolute Gasteiger partial charge is 0.292 e. The van der Waals surface area contributed by atoms with E-state index in [0.717, 1.165) is 0 Å². The van der Waals surface area contributed by atoms with Gasteiger partial charge in [-0.2, -0.15) is 9.78 Å². The van der Waals surface area contributed by atoms with Crippen molar-refractivity contribution in [1.29, 1.82) is 0 Å². The number of rotatable bonds is 5. The van der Waals surface area contributed by atoms with E-state index in [-0.39, 0.29) is 10.6 Å². The third-order valence-corrected chi connectivity index (χ3v) is 3.41. The van der Waals surface area contributed by atoms with Crippen LogP contribution in [0.2, 0.25) is 5.02 Å². The maximum absolute atomic E-state index is 12.3. The van der Waals surface area contributed by atoms with Gasteiger partial charge in [-0.25, -0.2) is 0 Å². The van der Waals surface area contributed by atoms with E-state index in [1.807, 2.05) is 18.2 Å². The molecule has 0 aliphatic carbocycles. The van der Waals surface area contributed by atoms with Crippen LogP contribution in [0.25, 0.3) is 5.69 Å². The van der Waals surface area contributed by atoms with E-state index in [4.69, 9.17) is 11.6 Å². The number of hydrogen-bond acceptors (Lipinski definition) is 5. The lowest BCUT2D eigenvalue weighted by Gasteiger charge is -2.10. The quantitative estimate of drug-likeness (QED) is 0.773. The second kappa shape index (κ2) is 6.40. The van der Waals surface area contributed by atoms with Gasteiger partial charge in [0.25, 0.3) is 5.56 Å². The monoisotopic (exact) mass is 316 g/mol. The molecule has 2 heterocycles. The number of hydrogen-bond donors (Lipinski definition) is 1. The molecule has 0 radical (unpaired) electrons. The zero-order valence-electron chi connectivity index (χ0n) is 11.6. The lowest BCUT2D eigenvalue weighted by atomic mass is 10.3. The van der Waals surface area contributed by atoms with Crippen molar-refractivity contribution in [3.05, 3.63) is 64.3 Å². The van der Waals surface area contributed by atoms with Crippen molar-refractivity contribution < 1.29 is 0 Å². The summed E-state index contributed by atoms with van der Waals surface area (Å²) in [6.07, 6.45) is 4.91. The van der Waals surface area contributed by atoms with Crippen molar-refractivity contribution in [3.63, 3.8) is 0 Å². The molecule has 3 aromatic rings. The number of benzene rings is 1. The van der Waals surface area contributed by atoms with Gasteiger partial charge in [-0.3, -0.25) is 9.48 Å². The minimum Gasteiger partial charge on any atom is -0.381 e. The van der Waals surface area contributed by atoms with Gasteiger partial charge in [0.1, 0.15) is 5.02 Å². The van der Waals surface area contributed by atoms with Gasteiger partial charge in [-0.05, 0) is 12.1 Å². The van der Waals surface area contributed by atoms with Crippen LogP contribution in [0.4, 0.5) is 5.69 Å². The lowest BCUT2D eigenvalue weighted by molar-refractivity contribution is 0.608. The van der Waals surface area contributed by atoms with Gasteiger partial charge in [0.2, 0.25) is 0 Å². The highest BCUT2D eigenvalue weighted by Crippen LogP contribution is 2.16. The molecular weight excluding hydrogens is 304 g/mol. The molecule has 0 atom stereocenters. The molecule has 0 unspecified atom stereocenters. The van der Waals surface area contributed by atoms with Crippen LogP contribution in [0.5, 0.6) is 0 Å². The minimum absolute atomic E-state index is 0.109. The van der Waals surface area contributed by atoms with E-state index in [9.17, 15) is 4.79 Å². The van der Waals surface area contributed by atoms with Gasteiger partial charge in [0.05, 0.1) is 30.3 Å². The molecule has 0 fully saturated rings. The van der Waals surface area contributed by atoms with Crippen LogP contribution in [-0.4, -0.2) is 31.3 Å². The molecule has 7 nitrogen and oxygen atoms in total. The summed E-state index contributed by atoms with van der Waals surface area (Å²) < 4.78 is 2.95. The molecule has 1 aromatic carbocycles. The van der Waals surface area contributed by atoms with E-state index in [1.54, 1.807) is 29.2 Å². The van der Waals surface area contributed by atoms with Crippen molar-refractivity contribution in [2.75, 3.05) is 11.9 Å². The molecule has 0 aliphatic heterocycles. The zero-order chi connectivity index (χ0) is 15.4. The molecular formula is C14H13ClN6O. The third-order valence-electron chi connectivity index (χ3n) is 3.05. The summed E-state index contributed by atoms with van der Waals surface area (Å²) in [6, 6.07) is 9.13. The zero-order valence-corrected chi connectivity index (χ0v) is 12.3. The van der Waals surface area contributed by atoms with Gasteiger partial charge in [0.15, 0.2) is 0 Å². The third kappa shape index (κ3) is 2.99. The Balaban J connectivity index is 1.77. The average molecular weight is 317 g/mol. The normalized spacial score (nSPS) is 10.6. The molecule has 8 heteroatoms. The van der Waals surface area contributed by atoms with Crippen LogP contribution in [0, 0.1) is 0 Å². The SMILES string of the molecule is O=c1c(Cl)c(NCCn2ccnn2)cnn1-c1ccccc1. The molecule has 2 aromatic heterocycles. The molecule has 1 N–H and O–H groups in total. The standard InChI is InChI=1S/C14H13ClN6O/c15-13-12(16-6-8-20-9-7-17-19-20)10-18-21(14(13)22)11-4-2-1-3-5-11/h1-5,7,9-10,16H,6,8H2.